The molecule has 0 aliphatic carbocycles. The molecule has 0 unspecified atom stereocenters. The van der Waals surface area contributed by atoms with E-state index in [0.717, 1.165) is 0 Å². The SMILES string of the molecule is Cc1cnc(CC(=O)C(C)C)cc1[N+](=O)[O-]. The number of aromatic nitrogens is 1. The third-order valence-corrected chi connectivity index (χ3v) is 2.33. The van der Waals surface area contributed by atoms with E-state index in [4.69, 9.17) is 0 Å². The van der Waals surface area contributed by atoms with Gasteiger partial charge in [-0.15, -0.1) is 0 Å². The molecule has 86 valence electrons. The molecule has 0 bridgehead atoms. The van der Waals surface area contributed by atoms with E-state index < -0.39 is 4.92 Å². The summed E-state index contributed by atoms with van der Waals surface area (Å²) in [5, 5.41) is 10.7. The molecular weight excluding hydrogens is 208 g/mol. The lowest BCUT2D eigenvalue weighted by atomic mass is 10.0. The van der Waals surface area contributed by atoms with Gasteiger partial charge in [-0.05, 0) is 6.92 Å². The number of nitro groups is 1. The summed E-state index contributed by atoms with van der Waals surface area (Å²) in [7, 11) is 0. The number of ketones is 1. The molecule has 1 rings (SSSR count). The number of carbonyl (C=O) groups is 1. The fourth-order valence-corrected chi connectivity index (χ4v) is 1.23. The largest absolute Gasteiger partial charge is 0.299 e. The average molecular weight is 222 g/mol. The van der Waals surface area contributed by atoms with Crippen LogP contribution in [-0.4, -0.2) is 15.7 Å². The zero-order valence-corrected chi connectivity index (χ0v) is 9.56. The second-order valence-corrected chi connectivity index (χ2v) is 4.02. The van der Waals surface area contributed by atoms with E-state index in [-0.39, 0.29) is 23.8 Å². The molecular formula is C11H14N2O3. The topological polar surface area (TPSA) is 73.1 Å². The highest BCUT2D eigenvalue weighted by Crippen LogP contribution is 2.18. The van der Waals surface area contributed by atoms with Crippen LogP contribution in [0.5, 0.6) is 0 Å². The predicted octanol–water partition coefficient (Wildman–Crippen LogP) is 2.07. The van der Waals surface area contributed by atoms with Gasteiger partial charge < -0.3 is 0 Å². The van der Waals surface area contributed by atoms with Crippen molar-refractivity contribution < 1.29 is 9.72 Å². The summed E-state index contributed by atoms with van der Waals surface area (Å²) >= 11 is 0. The Morgan fingerprint density at radius 2 is 2.19 bits per heavy atom. The molecule has 0 fully saturated rings. The zero-order chi connectivity index (χ0) is 12.3. The van der Waals surface area contributed by atoms with E-state index in [2.05, 4.69) is 4.98 Å². The Hall–Kier alpha value is -1.78. The van der Waals surface area contributed by atoms with Crippen LogP contribution in [0.2, 0.25) is 0 Å². The molecule has 0 spiro atoms. The lowest BCUT2D eigenvalue weighted by Crippen LogP contribution is -2.11. The van der Waals surface area contributed by atoms with Gasteiger partial charge in [0.25, 0.3) is 5.69 Å². The van der Waals surface area contributed by atoms with E-state index in [1.165, 1.54) is 12.3 Å². The van der Waals surface area contributed by atoms with Gasteiger partial charge in [-0.1, -0.05) is 13.8 Å². The maximum Gasteiger partial charge on any atom is 0.275 e. The van der Waals surface area contributed by atoms with Crippen molar-refractivity contribution in [2.45, 2.75) is 27.2 Å². The summed E-state index contributed by atoms with van der Waals surface area (Å²) in [5.74, 6) is -0.0483. The first kappa shape index (κ1) is 12.3. The molecule has 0 amide bonds. The monoisotopic (exact) mass is 222 g/mol. The molecule has 0 radical (unpaired) electrons. The highest BCUT2D eigenvalue weighted by atomic mass is 16.6. The van der Waals surface area contributed by atoms with Crippen molar-refractivity contribution in [1.82, 2.24) is 4.98 Å². The minimum absolute atomic E-state index is 0.0153. The number of pyridine rings is 1. The highest BCUT2D eigenvalue weighted by Gasteiger charge is 2.15. The summed E-state index contributed by atoms with van der Waals surface area (Å²) in [6.07, 6.45) is 1.58. The van der Waals surface area contributed by atoms with Crippen LogP contribution in [0.25, 0.3) is 0 Å². The Kier molecular flexibility index (Phi) is 3.71. The molecule has 0 N–H and O–H groups in total. The third kappa shape index (κ3) is 2.85. The molecule has 0 aromatic carbocycles. The van der Waals surface area contributed by atoms with Crippen molar-refractivity contribution in [3.63, 3.8) is 0 Å². The second kappa shape index (κ2) is 4.83. The molecule has 0 aliphatic heterocycles. The van der Waals surface area contributed by atoms with Gasteiger partial charge >= 0.3 is 0 Å². The molecule has 0 aliphatic rings. The van der Waals surface area contributed by atoms with E-state index in [0.29, 0.717) is 11.3 Å². The van der Waals surface area contributed by atoms with Gasteiger partial charge in [0.2, 0.25) is 0 Å². The molecule has 1 aromatic rings. The summed E-state index contributed by atoms with van der Waals surface area (Å²) in [6.45, 7) is 5.22. The van der Waals surface area contributed by atoms with Gasteiger partial charge in [0.1, 0.15) is 5.78 Å². The van der Waals surface area contributed by atoms with Crippen molar-refractivity contribution in [3.8, 4) is 0 Å². The maximum absolute atomic E-state index is 11.5. The average Bonchev–Trinajstić information content (AvgIpc) is 2.20. The molecule has 5 heteroatoms. The van der Waals surface area contributed by atoms with Crippen LogP contribution in [-0.2, 0) is 11.2 Å². The van der Waals surface area contributed by atoms with Gasteiger partial charge in [-0.25, -0.2) is 0 Å². The smallest absolute Gasteiger partial charge is 0.275 e. The van der Waals surface area contributed by atoms with Crippen molar-refractivity contribution in [1.29, 1.82) is 0 Å². The number of hydrogen-bond acceptors (Lipinski definition) is 4. The quantitative estimate of drug-likeness (QED) is 0.577. The lowest BCUT2D eigenvalue weighted by Gasteiger charge is -2.04. The van der Waals surface area contributed by atoms with Gasteiger partial charge in [-0.2, -0.15) is 0 Å². The normalized spacial score (nSPS) is 10.5. The summed E-state index contributed by atoms with van der Waals surface area (Å²) < 4.78 is 0. The fourth-order valence-electron chi connectivity index (χ4n) is 1.23. The summed E-state index contributed by atoms with van der Waals surface area (Å²) in [4.78, 5) is 25.7. The number of hydrogen-bond donors (Lipinski definition) is 0. The van der Waals surface area contributed by atoms with Crippen LogP contribution in [0.4, 0.5) is 5.69 Å². The first-order valence-electron chi connectivity index (χ1n) is 5.04. The molecule has 0 saturated heterocycles. The Labute approximate surface area is 93.7 Å². The van der Waals surface area contributed by atoms with Crippen molar-refractivity contribution in [2.75, 3.05) is 0 Å². The van der Waals surface area contributed by atoms with Gasteiger partial charge in [0.15, 0.2) is 0 Å². The van der Waals surface area contributed by atoms with E-state index >= 15 is 0 Å². The van der Waals surface area contributed by atoms with Crippen LogP contribution in [0.15, 0.2) is 12.3 Å². The molecule has 1 aromatic heterocycles. The Morgan fingerprint density at radius 1 is 1.56 bits per heavy atom. The van der Waals surface area contributed by atoms with Crippen LogP contribution >= 0.6 is 0 Å². The maximum atomic E-state index is 11.5. The van der Waals surface area contributed by atoms with E-state index in [1.54, 1.807) is 20.8 Å². The molecule has 0 saturated carbocycles. The lowest BCUT2D eigenvalue weighted by molar-refractivity contribution is -0.385. The van der Waals surface area contributed by atoms with Crippen molar-refractivity contribution in [3.05, 3.63) is 33.6 Å². The van der Waals surface area contributed by atoms with Crippen molar-refractivity contribution >= 4 is 11.5 Å². The third-order valence-electron chi connectivity index (χ3n) is 2.33. The Bertz CT molecular complexity index is 427. The minimum atomic E-state index is -0.458. The predicted molar refractivity (Wildman–Crippen MR) is 59.2 cm³/mol. The molecule has 1 heterocycles. The van der Waals surface area contributed by atoms with Crippen LogP contribution in [0.1, 0.15) is 25.1 Å². The van der Waals surface area contributed by atoms with Gasteiger partial charge in [-0.3, -0.25) is 19.9 Å². The first-order chi connectivity index (χ1) is 7.41. The summed E-state index contributed by atoms with van der Waals surface area (Å²) in [5.41, 5.74) is 0.975. The Balaban J connectivity index is 2.95. The first-order valence-corrected chi connectivity index (χ1v) is 5.04. The Morgan fingerprint density at radius 3 is 2.69 bits per heavy atom. The van der Waals surface area contributed by atoms with Gasteiger partial charge in [0, 0.05) is 30.2 Å². The molecule has 16 heavy (non-hydrogen) atoms. The van der Waals surface area contributed by atoms with Gasteiger partial charge in [0.05, 0.1) is 10.6 Å². The number of rotatable bonds is 4. The van der Waals surface area contributed by atoms with E-state index in [1.807, 2.05) is 0 Å². The number of carbonyl (C=O) groups excluding carboxylic acids is 1. The summed E-state index contributed by atoms with van der Waals surface area (Å²) in [6, 6.07) is 1.37. The number of aryl methyl sites for hydroxylation is 1. The molecule has 5 nitrogen and oxygen atoms in total. The van der Waals surface area contributed by atoms with Crippen LogP contribution in [0, 0.1) is 23.0 Å². The van der Waals surface area contributed by atoms with Crippen molar-refractivity contribution in [2.24, 2.45) is 5.92 Å². The van der Waals surface area contributed by atoms with Crippen LogP contribution < -0.4 is 0 Å². The highest BCUT2D eigenvalue weighted by molar-refractivity contribution is 5.82. The number of Topliss-reactive ketones (excluding diaryl/α,β-unsaturated/α-hetero) is 1. The fraction of sp³-hybridized carbons (Fsp3) is 0.455. The minimum Gasteiger partial charge on any atom is -0.299 e. The van der Waals surface area contributed by atoms with Crippen LogP contribution in [0.3, 0.4) is 0 Å². The zero-order valence-electron chi connectivity index (χ0n) is 9.56. The standard InChI is InChI=1S/C11H14N2O3/c1-7(2)11(14)5-9-4-10(13(15)16)8(3)6-12-9/h4,6-7H,5H2,1-3H3. The van der Waals surface area contributed by atoms with E-state index in [9.17, 15) is 14.9 Å². The second-order valence-electron chi connectivity index (χ2n) is 4.02. The number of nitrogens with zero attached hydrogens (tertiary/aromatic N) is 2. The molecule has 0 atom stereocenters.